The molecule has 1 aliphatic rings. The summed E-state index contributed by atoms with van der Waals surface area (Å²) in [6, 6.07) is 13.2. The first-order chi connectivity index (χ1) is 10.1. The van der Waals surface area contributed by atoms with Gasteiger partial charge in [0, 0.05) is 15.5 Å². The van der Waals surface area contributed by atoms with Crippen molar-refractivity contribution in [2.24, 2.45) is 5.73 Å². The molecule has 0 saturated carbocycles. The van der Waals surface area contributed by atoms with E-state index in [-0.39, 0.29) is 12.1 Å². The van der Waals surface area contributed by atoms with Gasteiger partial charge in [-0.2, -0.15) is 0 Å². The fourth-order valence-corrected chi connectivity index (χ4v) is 3.07. The molecule has 2 aromatic carbocycles. The minimum absolute atomic E-state index is 0.181. The standard InChI is InChI=1S/C16H15BrClNO2/c17-11-6-5-10(12(18)8-11)7-13(19)16-9-20-14-3-1-2-4-15(14)21-16/h1-6,8,13,16H,7,9,19H2. The van der Waals surface area contributed by atoms with Crippen molar-refractivity contribution < 1.29 is 9.47 Å². The smallest absolute Gasteiger partial charge is 0.161 e. The molecule has 0 bridgehead atoms. The van der Waals surface area contributed by atoms with Gasteiger partial charge in [0.25, 0.3) is 0 Å². The van der Waals surface area contributed by atoms with Crippen molar-refractivity contribution >= 4 is 27.5 Å². The number of benzene rings is 2. The van der Waals surface area contributed by atoms with Crippen LogP contribution in [-0.4, -0.2) is 18.8 Å². The molecule has 1 heterocycles. The third-order valence-corrected chi connectivity index (χ3v) is 4.32. The van der Waals surface area contributed by atoms with Crippen LogP contribution in [0.1, 0.15) is 5.56 Å². The van der Waals surface area contributed by atoms with Gasteiger partial charge in [-0.15, -0.1) is 0 Å². The Labute approximate surface area is 137 Å². The number of halogens is 2. The van der Waals surface area contributed by atoms with E-state index >= 15 is 0 Å². The lowest BCUT2D eigenvalue weighted by Crippen LogP contribution is -2.46. The van der Waals surface area contributed by atoms with Crippen molar-refractivity contribution in [3.05, 3.63) is 57.5 Å². The molecular weight excluding hydrogens is 354 g/mol. The Balaban J connectivity index is 1.70. The molecule has 2 unspecified atom stereocenters. The minimum atomic E-state index is -0.183. The first kappa shape index (κ1) is 14.7. The van der Waals surface area contributed by atoms with E-state index in [4.69, 9.17) is 26.8 Å². The Morgan fingerprint density at radius 3 is 2.76 bits per heavy atom. The molecule has 0 spiro atoms. The van der Waals surface area contributed by atoms with Crippen molar-refractivity contribution in [1.29, 1.82) is 0 Å². The summed E-state index contributed by atoms with van der Waals surface area (Å²) in [5.74, 6) is 1.51. The van der Waals surface area contributed by atoms with Crippen LogP contribution in [0.25, 0.3) is 0 Å². The third kappa shape index (κ3) is 3.34. The van der Waals surface area contributed by atoms with Gasteiger partial charge in [-0.05, 0) is 36.2 Å². The highest BCUT2D eigenvalue weighted by Gasteiger charge is 2.26. The van der Waals surface area contributed by atoms with E-state index < -0.39 is 0 Å². The van der Waals surface area contributed by atoms with Crippen molar-refractivity contribution in [2.75, 3.05) is 6.61 Å². The first-order valence-electron chi connectivity index (χ1n) is 6.71. The van der Waals surface area contributed by atoms with Gasteiger partial charge in [-0.3, -0.25) is 0 Å². The average molecular weight is 369 g/mol. The number of hydrogen-bond donors (Lipinski definition) is 1. The lowest BCUT2D eigenvalue weighted by molar-refractivity contribution is 0.0723. The molecule has 3 rings (SSSR count). The highest BCUT2D eigenvalue weighted by molar-refractivity contribution is 9.10. The molecule has 5 heteroatoms. The fraction of sp³-hybridized carbons (Fsp3) is 0.250. The van der Waals surface area contributed by atoms with E-state index in [0.29, 0.717) is 18.1 Å². The Morgan fingerprint density at radius 1 is 1.24 bits per heavy atom. The fourth-order valence-electron chi connectivity index (χ4n) is 2.32. The maximum absolute atomic E-state index is 6.27. The van der Waals surface area contributed by atoms with Crippen LogP contribution < -0.4 is 15.2 Å². The van der Waals surface area contributed by atoms with Gasteiger partial charge in [0.2, 0.25) is 0 Å². The van der Waals surface area contributed by atoms with Crippen LogP contribution in [0.4, 0.5) is 0 Å². The Kier molecular flexibility index (Phi) is 4.38. The molecule has 2 aromatic rings. The third-order valence-electron chi connectivity index (χ3n) is 3.48. The van der Waals surface area contributed by atoms with Gasteiger partial charge in [-0.25, -0.2) is 0 Å². The second-order valence-electron chi connectivity index (χ2n) is 5.02. The predicted molar refractivity (Wildman–Crippen MR) is 87.2 cm³/mol. The molecular formula is C16H15BrClNO2. The molecule has 21 heavy (non-hydrogen) atoms. The van der Waals surface area contributed by atoms with Gasteiger partial charge < -0.3 is 15.2 Å². The zero-order valence-corrected chi connectivity index (χ0v) is 13.6. The quantitative estimate of drug-likeness (QED) is 0.896. The first-order valence-corrected chi connectivity index (χ1v) is 7.88. The van der Waals surface area contributed by atoms with Crippen LogP contribution in [0.5, 0.6) is 11.5 Å². The zero-order chi connectivity index (χ0) is 14.8. The number of fused-ring (bicyclic) bond motifs is 1. The van der Waals surface area contributed by atoms with E-state index in [2.05, 4.69) is 15.9 Å². The molecule has 0 fully saturated rings. The van der Waals surface area contributed by atoms with Crippen LogP contribution in [0.15, 0.2) is 46.9 Å². The normalized spacial score (nSPS) is 18.3. The van der Waals surface area contributed by atoms with Crippen LogP contribution in [0.3, 0.4) is 0 Å². The molecule has 0 aromatic heterocycles. The second-order valence-corrected chi connectivity index (χ2v) is 6.34. The van der Waals surface area contributed by atoms with Crippen LogP contribution >= 0.6 is 27.5 Å². The maximum atomic E-state index is 6.27. The molecule has 0 saturated heterocycles. The number of nitrogens with two attached hydrogens (primary N) is 1. The summed E-state index contributed by atoms with van der Waals surface area (Å²) in [5, 5.41) is 0.706. The summed E-state index contributed by atoms with van der Waals surface area (Å²) >= 11 is 9.63. The minimum Gasteiger partial charge on any atom is -0.486 e. The summed E-state index contributed by atoms with van der Waals surface area (Å²) in [5.41, 5.74) is 7.28. The van der Waals surface area contributed by atoms with Crippen molar-refractivity contribution in [2.45, 2.75) is 18.6 Å². The van der Waals surface area contributed by atoms with Gasteiger partial charge in [0.15, 0.2) is 11.5 Å². The number of para-hydroxylation sites is 2. The van der Waals surface area contributed by atoms with Crippen molar-refractivity contribution in [3.8, 4) is 11.5 Å². The highest BCUT2D eigenvalue weighted by atomic mass is 79.9. The number of hydrogen-bond acceptors (Lipinski definition) is 3. The molecule has 0 radical (unpaired) electrons. The van der Waals surface area contributed by atoms with Gasteiger partial charge >= 0.3 is 0 Å². The van der Waals surface area contributed by atoms with E-state index in [0.717, 1.165) is 21.5 Å². The average Bonchev–Trinajstić information content (AvgIpc) is 2.49. The van der Waals surface area contributed by atoms with Crippen molar-refractivity contribution in [3.63, 3.8) is 0 Å². The summed E-state index contributed by atoms with van der Waals surface area (Å²) in [6.07, 6.45) is 0.460. The molecule has 3 nitrogen and oxygen atoms in total. The molecule has 110 valence electrons. The Hall–Kier alpha value is -1.23. The summed E-state index contributed by atoms with van der Waals surface area (Å²) < 4.78 is 12.6. The van der Waals surface area contributed by atoms with Crippen molar-refractivity contribution in [1.82, 2.24) is 0 Å². The van der Waals surface area contributed by atoms with E-state index in [1.54, 1.807) is 0 Å². The molecule has 2 atom stereocenters. The summed E-state index contributed by atoms with van der Waals surface area (Å²) in [4.78, 5) is 0. The largest absolute Gasteiger partial charge is 0.486 e. The second kappa shape index (κ2) is 6.26. The van der Waals surface area contributed by atoms with Gasteiger partial charge in [0.1, 0.15) is 12.7 Å². The van der Waals surface area contributed by atoms with Crippen LogP contribution in [0, 0.1) is 0 Å². The topological polar surface area (TPSA) is 44.5 Å². The zero-order valence-electron chi connectivity index (χ0n) is 11.3. The monoisotopic (exact) mass is 367 g/mol. The molecule has 0 aliphatic carbocycles. The van der Waals surface area contributed by atoms with Gasteiger partial charge in [0.05, 0.1) is 0 Å². The maximum Gasteiger partial charge on any atom is 0.161 e. The number of rotatable bonds is 3. The summed E-state index contributed by atoms with van der Waals surface area (Å²) in [6.45, 7) is 0.451. The van der Waals surface area contributed by atoms with Crippen LogP contribution in [0.2, 0.25) is 5.02 Å². The highest BCUT2D eigenvalue weighted by Crippen LogP contribution is 2.32. The molecule has 1 aliphatic heterocycles. The van der Waals surface area contributed by atoms with E-state index in [1.807, 2.05) is 42.5 Å². The molecule has 2 N–H and O–H groups in total. The van der Waals surface area contributed by atoms with Crippen LogP contribution in [-0.2, 0) is 6.42 Å². The summed E-state index contributed by atoms with van der Waals surface area (Å²) in [7, 11) is 0. The Morgan fingerprint density at radius 2 is 2.00 bits per heavy atom. The van der Waals surface area contributed by atoms with E-state index in [1.165, 1.54) is 0 Å². The Bertz CT molecular complexity index is 650. The lowest BCUT2D eigenvalue weighted by Gasteiger charge is -2.30. The SMILES string of the molecule is NC(Cc1ccc(Br)cc1Cl)C1COc2ccccc2O1. The molecule has 0 amide bonds. The lowest BCUT2D eigenvalue weighted by atomic mass is 10.0. The van der Waals surface area contributed by atoms with Gasteiger partial charge in [-0.1, -0.05) is 45.7 Å². The predicted octanol–water partition coefficient (Wildman–Crippen LogP) is 3.81. The number of ether oxygens (including phenoxy) is 2. The van der Waals surface area contributed by atoms with E-state index in [9.17, 15) is 0 Å².